The first kappa shape index (κ1) is 18.6. The molecule has 1 atom stereocenters. The molecule has 1 aromatic rings. The van der Waals surface area contributed by atoms with Crippen molar-refractivity contribution in [2.45, 2.75) is 45.8 Å². The lowest BCUT2D eigenvalue weighted by Gasteiger charge is -2.33. The molecule has 2 aliphatic rings. The van der Waals surface area contributed by atoms with E-state index in [0.29, 0.717) is 11.9 Å². The summed E-state index contributed by atoms with van der Waals surface area (Å²) >= 11 is 1.78. The van der Waals surface area contributed by atoms with Crippen molar-refractivity contribution < 1.29 is 4.74 Å². The molecule has 3 rings (SSSR count). The number of hydrogen-bond donors (Lipinski definition) is 1. The maximum atomic E-state index is 6.18. The molecule has 6 nitrogen and oxygen atoms in total. The Labute approximate surface area is 155 Å². The standard InChI is InChI=1S/C18H31N5OS/c1-3-17-21-16(13-25-17)12-22-6-4-15(5-7-22)10-20-18(19)23-8-9-24-14(2)11-23/h13-15H,3-12H2,1-2H3,(H2,19,20). The molecule has 25 heavy (non-hydrogen) atoms. The summed E-state index contributed by atoms with van der Waals surface area (Å²) in [6.07, 6.45) is 3.67. The zero-order chi connectivity index (χ0) is 17.6. The van der Waals surface area contributed by atoms with E-state index in [9.17, 15) is 0 Å². The van der Waals surface area contributed by atoms with Crippen LogP contribution in [0.5, 0.6) is 0 Å². The molecule has 3 heterocycles. The Morgan fingerprint density at radius 1 is 1.40 bits per heavy atom. The molecule has 1 aromatic heterocycles. The average molecular weight is 366 g/mol. The van der Waals surface area contributed by atoms with Gasteiger partial charge in [0.15, 0.2) is 5.96 Å². The van der Waals surface area contributed by atoms with Crippen molar-refractivity contribution in [1.29, 1.82) is 0 Å². The van der Waals surface area contributed by atoms with Crippen LogP contribution in [0, 0.1) is 5.92 Å². The lowest BCUT2D eigenvalue weighted by Crippen LogP contribution is -2.48. The number of aryl methyl sites for hydroxylation is 1. The van der Waals surface area contributed by atoms with Gasteiger partial charge in [0.25, 0.3) is 0 Å². The predicted molar refractivity (Wildman–Crippen MR) is 103 cm³/mol. The number of ether oxygens (including phenoxy) is 1. The highest BCUT2D eigenvalue weighted by atomic mass is 32.1. The summed E-state index contributed by atoms with van der Waals surface area (Å²) in [5.74, 6) is 1.34. The molecule has 0 aliphatic carbocycles. The van der Waals surface area contributed by atoms with Crippen LogP contribution >= 0.6 is 11.3 Å². The summed E-state index contributed by atoms with van der Waals surface area (Å²) in [6, 6.07) is 0. The largest absolute Gasteiger partial charge is 0.375 e. The van der Waals surface area contributed by atoms with Crippen LogP contribution < -0.4 is 5.73 Å². The normalized spacial score (nSPS) is 24.0. The second-order valence-corrected chi connectivity index (χ2v) is 8.07. The summed E-state index contributed by atoms with van der Waals surface area (Å²) in [5, 5.41) is 3.45. The fraction of sp³-hybridized carbons (Fsp3) is 0.778. The van der Waals surface area contributed by atoms with Crippen LogP contribution in [-0.4, -0.2) is 66.2 Å². The predicted octanol–water partition coefficient (Wildman–Crippen LogP) is 1.95. The third kappa shape index (κ3) is 5.39. The highest BCUT2D eigenvalue weighted by Gasteiger charge is 2.21. The molecule has 2 N–H and O–H groups in total. The molecule has 0 spiro atoms. The van der Waals surface area contributed by atoms with Gasteiger partial charge < -0.3 is 15.4 Å². The van der Waals surface area contributed by atoms with E-state index in [-0.39, 0.29) is 6.10 Å². The number of likely N-dealkylation sites (tertiary alicyclic amines) is 1. The molecule has 7 heteroatoms. The Morgan fingerprint density at radius 2 is 2.20 bits per heavy atom. The Kier molecular flexibility index (Phi) is 6.67. The fourth-order valence-electron chi connectivity index (χ4n) is 3.49. The van der Waals surface area contributed by atoms with Crippen LogP contribution in [-0.2, 0) is 17.7 Å². The van der Waals surface area contributed by atoms with Crippen molar-refractivity contribution in [3.63, 3.8) is 0 Å². The third-order valence-electron chi connectivity index (χ3n) is 5.07. The SMILES string of the molecule is CCc1nc(CN2CCC(CN=C(N)N3CCOC(C)C3)CC2)cs1. The number of hydrogen-bond acceptors (Lipinski definition) is 5. The van der Waals surface area contributed by atoms with E-state index >= 15 is 0 Å². The van der Waals surface area contributed by atoms with Crippen LogP contribution in [0.4, 0.5) is 0 Å². The third-order valence-corrected chi connectivity index (χ3v) is 6.11. The lowest BCUT2D eigenvalue weighted by molar-refractivity contribution is 0.00525. The maximum absolute atomic E-state index is 6.18. The summed E-state index contributed by atoms with van der Waals surface area (Å²) in [5.41, 5.74) is 7.40. The zero-order valence-electron chi connectivity index (χ0n) is 15.5. The van der Waals surface area contributed by atoms with Gasteiger partial charge in [0.2, 0.25) is 0 Å². The minimum Gasteiger partial charge on any atom is -0.375 e. The van der Waals surface area contributed by atoms with Crippen LogP contribution in [0.2, 0.25) is 0 Å². The number of morpholine rings is 1. The molecule has 0 bridgehead atoms. The van der Waals surface area contributed by atoms with E-state index in [1.54, 1.807) is 11.3 Å². The van der Waals surface area contributed by atoms with Gasteiger partial charge in [-0.3, -0.25) is 9.89 Å². The van der Waals surface area contributed by atoms with Crippen molar-refractivity contribution in [3.8, 4) is 0 Å². The molecule has 0 amide bonds. The van der Waals surface area contributed by atoms with Gasteiger partial charge in [-0.1, -0.05) is 6.92 Å². The van der Waals surface area contributed by atoms with Gasteiger partial charge in [-0.05, 0) is 45.2 Å². The molecule has 140 valence electrons. The van der Waals surface area contributed by atoms with Crippen molar-refractivity contribution in [1.82, 2.24) is 14.8 Å². The first-order chi connectivity index (χ1) is 12.1. The lowest BCUT2D eigenvalue weighted by atomic mass is 9.97. The molecular formula is C18H31N5OS. The topological polar surface area (TPSA) is 67.0 Å². The first-order valence-electron chi connectivity index (χ1n) is 9.46. The first-order valence-corrected chi connectivity index (χ1v) is 10.3. The fourth-order valence-corrected chi connectivity index (χ4v) is 4.23. The number of guanidine groups is 1. The Balaban J connectivity index is 1.40. The van der Waals surface area contributed by atoms with Gasteiger partial charge >= 0.3 is 0 Å². The van der Waals surface area contributed by atoms with Crippen LogP contribution in [0.15, 0.2) is 10.4 Å². The van der Waals surface area contributed by atoms with E-state index in [1.165, 1.54) is 23.5 Å². The zero-order valence-corrected chi connectivity index (χ0v) is 16.3. The number of nitrogens with two attached hydrogens (primary N) is 1. The molecular weight excluding hydrogens is 334 g/mol. The van der Waals surface area contributed by atoms with Crippen molar-refractivity contribution in [3.05, 3.63) is 16.1 Å². The van der Waals surface area contributed by atoms with Gasteiger partial charge in [-0.2, -0.15) is 0 Å². The number of nitrogens with zero attached hydrogens (tertiary/aromatic N) is 4. The van der Waals surface area contributed by atoms with Crippen molar-refractivity contribution in [2.75, 3.05) is 39.3 Å². The van der Waals surface area contributed by atoms with Crippen LogP contribution in [0.25, 0.3) is 0 Å². The van der Waals surface area contributed by atoms with E-state index in [0.717, 1.165) is 52.3 Å². The van der Waals surface area contributed by atoms with Gasteiger partial charge in [-0.25, -0.2) is 4.98 Å². The molecule has 2 fully saturated rings. The number of aliphatic imine (C=N–C) groups is 1. The molecule has 0 saturated carbocycles. The number of rotatable bonds is 5. The van der Waals surface area contributed by atoms with Gasteiger partial charge in [0.1, 0.15) is 0 Å². The van der Waals surface area contributed by atoms with Crippen molar-refractivity contribution in [2.24, 2.45) is 16.6 Å². The minimum absolute atomic E-state index is 0.240. The van der Waals surface area contributed by atoms with Crippen LogP contribution in [0.3, 0.4) is 0 Å². The average Bonchev–Trinajstić information content (AvgIpc) is 3.08. The van der Waals surface area contributed by atoms with Crippen LogP contribution in [0.1, 0.15) is 37.4 Å². The second-order valence-electron chi connectivity index (χ2n) is 7.13. The smallest absolute Gasteiger partial charge is 0.191 e. The van der Waals surface area contributed by atoms with Gasteiger partial charge in [-0.15, -0.1) is 11.3 Å². The molecule has 0 aromatic carbocycles. The quantitative estimate of drug-likeness (QED) is 0.638. The highest BCUT2D eigenvalue weighted by molar-refractivity contribution is 7.09. The Bertz CT molecular complexity index is 568. The summed E-state index contributed by atoms with van der Waals surface area (Å²) in [6.45, 7) is 10.8. The second kappa shape index (κ2) is 8.96. The van der Waals surface area contributed by atoms with E-state index in [4.69, 9.17) is 10.5 Å². The molecule has 0 radical (unpaired) electrons. The van der Waals surface area contributed by atoms with E-state index in [1.807, 2.05) is 0 Å². The minimum atomic E-state index is 0.240. The van der Waals surface area contributed by atoms with Gasteiger partial charge in [0.05, 0.1) is 23.4 Å². The summed E-state index contributed by atoms with van der Waals surface area (Å²) in [7, 11) is 0. The Hall–Kier alpha value is -1.18. The highest BCUT2D eigenvalue weighted by Crippen LogP contribution is 2.20. The number of piperidine rings is 1. The maximum Gasteiger partial charge on any atom is 0.191 e. The summed E-state index contributed by atoms with van der Waals surface area (Å²) in [4.78, 5) is 14.0. The van der Waals surface area contributed by atoms with E-state index in [2.05, 4.69) is 39.0 Å². The number of thiazole rings is 1. The van der Waals surface area contributed by atoms with E-state index < -0.39 is 0 Å². The molecule has 2 aliphatic heterocycles. The number of aromatic nitrogens is 1. The summed E-state index contributed by atoms with van der Waals surface area (Å²) < 4.78 is 5.56. The van der Waals surface area contributed by atoms with Gasteiger partial charge in [0, 0.05) is 31.6 Å². The molecule has 2 saturated heterocycles. The molecule has 1 unspecified atom stereocenters. The Morgan fingerprint density at radius 3 is 2.88 bits per heavy atom. The monoisotopic (exact) mass is 365 g/mol. The van der Waals surface area contributed by atoms with Crippen molar-refractivity contribution >= 4 is 17.3 Å².